The standard InChI is InChI=1S/C8H10Cl2N4/c1-2-3-14-4-11-5-6(9)12-8(10)13-7(5)14/h4-5,7H,2-3H2,1H3. The highest BCUT2D eigenvalue weighted by atomic mass is 35.5. The van der Waals surface area contributed by atoms with Crippen LogP contribution in [0.2, 0.25) is 0 Å². The molecular weight excluding hydrogens is 223 g/mol. The molecule has 14 heavy (non-hydrogen) atoms. The highest BCUT2D eigenvalue weighted by Gasteiger charge is 2.35. The maximum absolute atomic E-state index is 5.92. The van der Waals surface area contributed by atoms with Crippen LogP contribution in [0.5, 0.6) is 0 Å². The fourth-order valence-electron chi connectivity index (χ4n) is 1.55. The fraction of sp³-hybridized carbons (Fsp3) is 0.625. The average molecular weight is 233 g/mol. The van der Waals surface area contributed by atoms with Gasteiger partial charge in [-0.3, -0.25) is 4.99 Å². The third kappa shape index (κ3) is 1.64. The molecule has 0 aliphatic carbocycles. The maximum atomic E-state index is 5.92. The van der Waals surface area contributed by atoms with Gasteiger partial charge in [-0.15, -0.1) is 0 Å². The summed E-state index contributed by atoms with van der Waals surface area (Å²) in [6.07, 6.45) is 2.72. The number of hydrogen-bond acceptors (Lipinski definition) is 4. The Hall–Kier alpha value is -0.610. The number of halogens is 2. The third-order valence-corrected chi connectivity index (χ3v) is 2.65. The highest BCUT2D eigenvalue weighted by molar-refractivity contribution is 6.73. The van der Waals surface area contributed by atoms with E-state index in [-0.39, 0.29) is 17.5 Å². The summed E-state index contributed by atoms with van der Waals surface area (Å²) in [5.41, 5.74) is 0. The quantitative estimate of drug-likeness (QED) is 0.669. The van der Waals surface area contributed by atoms with Crippen LogP contribution in [0.1, 0.15) is 13.3 Å². The van der Waals surface area contributed by atoms with Crippen molar-refractivity contribution in [3.63, 3.8) is 0 Å². The van der Waals surface area contributed by atoms with Crippen molar-refractivity contribution >= 4 is 40.0 Å². The molecule has 0 saturated carbocycles. The van der Waals surface area contributed by atoms with Gasteiger partial charge < -0.3 is 4.90 Å². The molecule has 4 nitrogen and oxygen atoms in total. The zero-order valence-corrected chi connectivity index (χ0v) is 9.20. The van der Waals surface area contributed by atoms with Gasteiger partial charge in [-0.1, -0.05) is 18.5 Å². The summed E-state index contributed by atoms with van der Waals surface area (Å²) in [5.74, 6) is 0. The minimum Gasteiger partial charge on any atom is -0.339 e. The predicted molar refractivity (Wildman–Crippen MR) is 59.6 cm³/mol. The summed E-state index contributed by atoms with van der Waals surface area (Å²) in [7, 11) is 0. The number of aliphatic imine (C=N–C) groups is 3. The van der Waals surface area contributed by atoms with Gasteiger partial charge >= 0.3 is 0 Å². The van der Waals surface area contributed by atoms with Gasteiger partial charge in [0.1, 0.15) is 11.2 Å². The number of nitrogens with zero attached hydrogens (tertiary/aromatic N) is 4. The molecule has 2 heterocycles. The van der Waals surface area contributed by atoms with Crippen LogP contribution in [0.25, 0.3) is 0 Å². The van der Waals surface area contributed by atoms with Gasteiger partial charge in [-0.05, 0) is 18.0 Å². The van der Waals surface area contributed by atoms with E-state index >= 15 is 0 Å². The van der Waals surface area contributed by atoms with Crippen LogP contribution in [-0.4, -0.2) is 40.5 Å². The Morgan fingerprint density at radius 1 is 1.50 bits per heavy atom. The van der Waals surface area contributed by atoms with E-state index in [1.54, 1.807) is 6.34 Å². The van der Waals surface area contributed by atoms with Crippen molar-refractivity contribution in [2.75, 3.05) is 6.54 Å². The highest BCUT2D eigenvalue weighted by Crippen LogP contribution is 2.23. The summed E-state index contributed by atoms with van der Waals surface area (Å²) in [4.78, 5) is 14.4. The van der Waals surface area contributed by atoms with Crippen LogP contribution < -0.4 is 0 Å². The number of rotatable bonds is 2. The summed E-state index contributed by atoms with van der Waals surface area (Å²) in [5, 5.41) is 0.632. The van der Waals surface area contributed by atoms with Crippen LogP contribution in [-0.2, 0) is 0 Å². The van der Waals surface area contributed by atoms with Crippen LogP contribution in [0.3, 0.4) is 0 Å². The molecule has 0 amide bonds. The van der Waals surface area contributed by atoms with E-state index in [0.29, 0.717) is 5.17 Å². The van der Waals surface area contributed by atoms with Crippen molar-refractivity contribution in [1.29, 1.82) is 0 Å². The summed E-state index contributed by atoms with van der Waals surface area (Å²) in [6.45, 7) is 3.01. The van der Waals surface area contributed by atoms with Crippen LogP contribution in [0.15, 0.2) is 15.0 Å². The first-order valence-corrected chi connectivity index (χ1v) is 5.24. The Kier molecular flexibility index (Phi) is 2.74. The Balaban J connectivity index is 2.20. The number of amidine groups is 1. The number of hydrogen-bond donors (Lipinski definition) is 0. The van der Waals surface area contributed by atoms with E-state index in [2.05, 4.69) is 21.9 Å². The molecule has 2 atom stereocenters. The van der Waals surface area contributed by atoms with Gasteiger partial charge in [0.05, 0.1) is 6.34 Å². The van der Waals surface area contributed by atoms with Gasteiger partial charge in [0.25, 0.3) is 0 Å². The number of fused-ring (bicyclic) bond motifs is 1. The Labute approximate surface area is 92.3 Å². The molecular formula is C8H10Cl2N4. The van der Waals surface area contributed by atoms with Crippen molar-refractivity contribution in [2.45, 2.75) is 25.6 Å². The Bertz CT molecular complexity index is 323. The van der Waals surface area contributed by atoms with Crippen molar-refractivity contribution in [3.05, 3.63) is 0 Å². The molecule has 2 aliphatic heterocycles. The van der Waals surface area contributed by atoms with Crippen molar-refractivity contribution in [1.82, 2.24) is 4.90 Å². The smallest absolute Gasteiger partial charge is 0.221 e. The molecule has 6 heteroatoms. The van der Waals surface area contributed by atoms with E-state index in [0.717, 1.165) is 13.0 Å². The molecule has 0 aromatic carbocycles. The summed E-state index contributed by atoms with van der Waals surface area (Å²) < 4.78 is 0. The van der Waals surface area contributed by atoms with Gasteiger partial charge in [0, 0.05) is 6.54 Å². The van der Waals surface area contributed by atoms with Crippen LogP contribution >= 0.6 is 23.2 Å². The van der Waals surface area contributed by atoms with E-state index in [1.165, 1.54) is 0 Å². The minimum atomic E-state index is -0.161. The molecule has 0 saturated heterocycles. The normalized spacial score (nSPS) is 30.1. The fourth-order valence-corrected chi connectivity index (χ4v) is 2.04. The second kappa shape index (κ2) is 3.87. The molecule has 2 unspecified atom stereocenters. The van der Waals surface area contributed by atoms with Crippen molar-refractivity contribution < 1.29 is 0 Å². The topological polar surface area (TPSA) is 40.3 Å². The van der Waals surface area contributed by atoms with Crippen LogP contribution in [0.4, 0.5) is 0 Å². The van der Waals surface area contributed by atoms with E-state index in [4.69, 9.17) is 23.2 Å². The average Bonchev–Trinajstić information content (AvgIpc) is 2.49. The predicted octanol–water partition coefficient (Wildman–Crippen LogP) is 1.68. The lowest BCUT2D eigenvalue weighted by molar-refractivity contribution is 0.343. The molecule has 0 radical (unpaired) electrons. The third-order valence-electron chi connectivity index (χ3n) is 2.16. The SMILES string of the molecule is CCCN1C=NC2C(Cl)=NC(Cl)=NC21. The molecule has 2 rings (SSSR count). The Morgan fingerprint density at radius 2 is 2.29 bits per heavy atom. The largest absolute Gasteiger partial charge is 0.339 e. The van der Waals surface area contributed by atoms with Crippen molar-refractivity contribution in [3.8, 4) is 0 Å². The molecule has 0 spiro atoms. The van der Waals surface area contributed by atoms with Gasteiger partial charge in [-0.25, -0.2) is 9.98 Å². The minimum absolute atomic E-state index is 0.0903. The maximum Gasteiger partial charge on any atom is 0.221 e. The molecule has 76 valence electrons. The van der Waals surface area contributed by atoms with E-state index < -0.39 is 0 Å². The Morgan fingerprint density at radius 3 is 3.00 bits per heavy atom. The first-order chi connectivity index (χ1) is 6.72. The first kappa shape index (κ1) is 9.93. The second-order valence-electron chi connectivity index (χ2n) is 3.19. The van der Waals surface area contributed by atoms with Gasteiger partial charge in [0.15, 0.2) is 6.17 Å². The summed E-state index contributed by atoms with van der Waals surface area (Å²) in [6, 6.07) is -0.161. The monoisotopic (exact) mass is 232 g/mol. The first-order valence-electron chi connectivity index (χ1n) is 4.49. The van der Waals surface area contributed by atoms with Crippen molar-refractivity contribution in [2.24, 2.45) is 15.0 Å². The second-order valence-corrected chi connectivity index (χ2v) is 3.92. The zero-order valence-electron chi connectivity index (χ0n) is 7.69. The zero-order chi connectivity index (χ0) is 10.1. The lowest BCUT2D eigenvalue weighted by Crippen LogP contribution is -2.40. The van der Waals surface area contributed by atoms with E-state index in [1.807, 2.05) is 4.90 Å². The molecule has 0 aromatic heterocycles. The molecule has 0 aromatic rings. The molecule has 0 fully saturated rings. The molecule has 2 aliphatic rings. The van der Waals surface area contributed by atoms with Gasteiger partial charge in [-0.2, -0.15) is 0 Å². The van der Waals surface area contributed by atoms with Crippen LogP contribution in [0, 0.1) is 0 Å². The molecule has 0 N–H and O–H groups in total. The molecule has 0 bridgehead atoms. The lowest BCUT2D eigenvalue weighted by Gasteiger charge is -2.25. The van der Waals surface area contributed by atoms with E-state index in [9.17, 15) is 0 Å². The lowest BCUT2D eigenvalue weighted by atomic mass is 10.2. The summed E-state index contributed by atoms with van der Waals surface area (Å²) >= 11 is 11.7. The van der Waals surface area contributed by atoms with Gasteiger partial charge in [0.2, 0.25) is 5.29 Å².